The first-order valence-electron chi connectivity index (χ1n) is 10.8. The average molecular weight is 363 g/mol. The second-order valence-corrected chi connectivity index (χ2v) is 8.24. The minimum atomic E-state index is -0.206. The summed E-state index contributed by atoms with van der Waals surface area (Å²) < 4.78 is 0. The first-order chi connectivity index (χ1) is 12.2. The Morgan fingerprint density at radius 3 is 2.04 bits per heavy atom. The Balaban J connectivity index is 0. The van der Waals surface area contributed by atoms with Gasteiger partial charge in [0.1, 0.15) is 5.78 Å². The van der Waals surface area contributed by atoms with Crippen LogP contribution in [-0.4, -0.2) is 5.78 Å². The number of hydrogen-bond donors (Lipinski definition) is 0. The van der Waals surface area contributed by atoms with Crippen LogP contribution in [0.15, 0.2) is 24.3 Å². The van der Waals surface area contributed by atoms with Crippen molar-refractivity contribution in [2.24, 2.45) is 11.3 Å². The molecule has 0 N–H and O–H groups in total. The highest BCUT2D eigenvalue weighted by Crippen LogP contribution is 2.18. The quantitative estimate of drug-likeness (QED) is 0.427. The molecule has 0 aromatic heterocycles. The minimum absolute atomic E-state index is 0.206. The van der Waals surface area contributed by atoms with Gasteiger partial charge in [0.2, 0.25) is 0 Å². The Bertz CT molecular complexity index is 451. The van der Waals surface area contributed by atoms with E-state index >= 15 is 0 Å². The van der Waals surface area contributed by atoms with Crippen LogP contribution in [0.4, 0.5) is 0 Å². The summed E-state index contributed by atoms with van der Waals surface area (Å²) >= 11 is 0. The lowest BCUT2D eigenvalue weighted by atomic mass is 9.87. The summed E-state index contributed by atoms with van der Waals surface area (Å²) in [7, 11) is 0. The zero-order valence-electron chi connectivity index (χ0n) is 19.2. The van der Waals surface area contributed by atoms with Gasteiger partial charge in [-0.3, -0.25) is 4.79 Å². The summed E-state index contributed by atoms with van der Waals surface area (Å²) in [6, 6.07) is 8.52. The first kappa shape index (κ1) is 27.1. The fraction of sp³-hybridized carbons (Fsp3) is 0.720. The molecule has 1 aromatic carbocycles. The maximum absolute atomic E-state index is 11.8. The standard InChI is InChI=1S/C15H22O.C8H18.C2H6/c1-5-12-7-6-8-13(11-12)9-10-14(16)15(2,3)4;1-4-5-6-7-8(2)3;1-2/h6-8,11H,5,9-10H2,1-4H3;8H,4-7H2,1-3H3;1-2H3. The Kier molecular flexibility index (Phi) is 16.8. The van der Waals surface area contributed by atoms with E-state index < -0.39 is 0 Å². The van der Waals surface area contributed by atoms with Crippen molar-refractivity contribution in [3.63, 3.8) is 0 Å². The predicted molar refractivity (Wildman–Crippen MR) is 119 cm³/mol. The molecule has 0 spiro atoms. The third kappa shape index (κ3) is 15.2. The Labute approximate surface area is 165 Å². The second-order valence-electron chi connectivity index (χ2n) is 8.24. The third-order valence-corrected chi connectivity index (χ3v) is 4.26. The Hall–Kier alpha value is -1.11. The maximum atomic E-state index is 11.8. The lowest BCUT2D eigenvalue weighted by Crippen LogP contribution is -2.20. The molecule has 0 fully saturated rings. The molecule has 1 nitrogen and oxygen atoms in total. The molecule has 0 amide bonds. The molecule has 0 unspecified atom stereocenters. The molecule has 1 aromatic rings. The van der Waals surface area contributed by atoms with Gasteiger partial charge in [0.25, 0.3) is 0 Å². The zero-order chi connectivity index (χ0) is 20.6. The summed E-state index contributed by atoms with van der Waals surface area (Å²) in [4.78, 5) is 11.8. The van der Waals surface area contributed by atoms with E-state index in [1.807, 2.05) is 34.6 Å². The van der Waals surface area contributed by atoms with E-state index in [1.54, 1.807) is 0 Å². The Morgan fingerprint density at radius 2 is 1.58 bits per heavy atom. The van der Waals surface area contributed by atoms with Gasteiger partial charge in [-0.1, -0.05) is 112 Å². The average Bonchev–Trinajstić information content (AvgIpc) is 2.61. The summed E-state index contributed by atoms with van der Waals surface area (Å²) in [5.41, 5.74) is 2.42. The van der Waals surface area contributed by atoms with Gasteiger partial charge in [0, 0.05) is 11.8 Å². The number of unbranched alkanes of at least 4 members (excludes halogenated alkanes) is 2. The van der Waals surface area contributed by atoms with Crippen LogP contribution in [0.25, 0.3) is 0 Å². The lowest BCUT2D eigenvalue weighted by molar-refractivity contribution is -0.126. The van der Waals surface area contributed by atoms with E-state index in [2.05, 4.69) is 52.0 Å². The van der Waals surface area contributed by atoms with Gasteiger partial charge in [-0.15, -0.1) is 0 Å². The highest BCUT2D eigenvalue weighted by molar-refractivity contribution is 5.83. The third-order valence-electron chi connectivity index (χ3n) is 4.26. The van der Waals surface area contributed by atoms with Gasteiger partial charge in [0.15, 0.2) is 0 Å². The van der Waals surface area contributed by atoms with E-state index in [0.29, 0.717) is 12.2 Å². The van der Waals surface area contributed by atoms with E-state index in [9.17, 15) is 4.79 Å². The van der Waals surface area contributed by atoms with Crippen molar-refractivity contribution < 1.29 is 4.79 Å². The predicted octanol–water partition coefficient (Wildman–Crippen LogP) is 8.05. The first-order valence-corrected chi connectivity index (χ1v) is 10.8. The van der Waals surface area contributed by atoms with Crippen molar-refractivity contribution in [3.8, 4) is 0 Å². The molecule has 0 bridgehead atoms. The van der Waals surface area contributed by atoms with Gasteiger partial charge in [0.05, 0.1) is 0 Å². The zero-order valence-corrected chi connectivity index (χ0v) is 19.2. The summed E-state index contributed by atoms with van der Waals surface area (Å²) in [6.45, 7) is 18.9. The summed E-state index contributed by atoms with van der Waals surface area (Å²) in [5.74, 6) is 1.25. The number of benzene rings is 1. The Morgan fingerprint density at radius 1 is 1.00 bits per heavy atom. The number of carbonyl (C=O) groups is 1. The topological polar surface area (TPSA) is 17.1 Å². The largest absolute Gasteiger partial charge is 0.299 e. The number of ketones is 1. The highest BCUT2D eigenvalue weighted by atomic mass is 16.1. The van der Waals surface area contributed by atoms with Gasteiger partial charge in [-0.25, -0.2) is 0 Å². The minimum Gasteiger partial charge on any atom is -0.299 e. The van der Waals surface area contributed by atoms with Crippen molar-refractivity contribution in [1.29, 1.82) is 0 Å². The molecule has 1 heteroatoms. The molecule has 0 saturated heterocycles. The van der Waals surface area contributed by atoms with E-state index in [1.165, 1.54) is 36.8 Å². The van der Waals surface area contributed by atoms with Crippen LogP contribution in [0.3, 0.4) is 0 Å². The van der Waals surface area contributed by atoms with Crippen molar-refractivity contribution in [2.75, 3.05) is 0 Å². The summed E-state index contributed by atoms with van der Waals surface area (Å²) in [6.07, 6.45) is 8.18. The van der Waals surface area contributed by atoms with Gasteiger partial charge < -0.3 is 0 Å². The molecular formula is C25H46O. The molecule has 0 radical (unpaired) electrons. The second kappa shape index (κ2) is 16.1. The van der Waals surface area contributed by atoms with Crippen LogP contribution in [0, 0.1) is 11.3 Å². The van der Waals surface area contributed by atoms with E-state index in [-0.39, 0.29) is 5.41 Å². The van der Waals surface area contributed by atoms with Crippen LogP contribution in [-0.2, 0) is 17.6 Å². The smallest absolute Gasteiger partial charge is 0.138 e. The lowest BCUT2D eigenvalue weighted by Gasteiger charge is -2.16. The van der Waals surface area contributed by atoms with Crippen molar-refractivity contribution >= 4 is 5.78 Å². The number of carbonyl (C=O) groups excluding carboxylic acids is 1. The molecular weight excluding hydrogens is 316 g/mol. The number of aryl methyl sites for hydroxylation is 2. The van der Waals surface area contributed by atoms with Crippen LogP contribution >= 0.6 is 0 Å². The maximum Gasteiger partial charge on any atom is 0.138 e. The van der Waals surface area contributed by atoms with Crippen molar-refractivity contribution in [3.05, 3.63) is 35.4 Å². The number of rotatable bonds is 8. The fourth-order valence-electron chi connectivity index (χ4n) is 2.44. The van der Waals surface area contributed by atoms with Gasteiger partial charge in [-0.05, 0) is 29.9 Å². The molecule has 0 heterocycles. The van der Waals surface area contributed by atoms with Crippen LogP contribution in [0.1, 0.15) is 106 Å². The molecule has 0 aliphatic heterocycles. The highest BCUT2D eigenvalue weighted by Gasteiger charge is 2.20. The van der Waals surface area contributed by atoms with E-state index in [0.717, 1.165) is 18.8 Å². The van der Waals surface area contributed by atoms with Crippen molar-refractivity contribution in [2.45, 2.75) is 107 Å². The fourth-order valence-corrected chi connectivity index (χ4v) is 2.44. The number of hydrogen-bond acceptors (Lipinski definition) is 1. The summed E-state index contributed by atoms with van der Waals surface area (Å²) in [5, 5.41) is 0. The molecule has 0 aliphatic carbocycles. The molecule has 1 rings (SSSR count). The van der Waals surface area contributed by atoms with Gasteiger partial charge in [-0.2, -0.15) is 0 Å². The number of Topliss-reactive ketones (excluding diaryl/α,β-unsaturated/α-hetero) is 1. The normalized spacial score (nSPS) is 10.5. The molecule has 0 atom stereocenters. The van der Waals surface area contributed by atoms with Gasteiger partial charge >= 0.3 is 0 Å². The van der Waals surface area contributed by atoms with Crippen molar-refractivity contribution in [1.82, 2.24) is 0 Å². The molecule has 0 saturated carbocycles. The SMILES string of the molecule is CC.CCCCCC(C)C.CCc1cccc(CCC(=O)C(C)(C)C)c1. The van der Waals surface area contributed by atoms with E-state index in [4.69, 9.17) is 0 Å². The van der Waals surface area contributed by atoms with Crippen LogP contribution in [0.2, 0.25) is 0 Å². The molecule has 152 valence electrons. The monoisotopic (exact) mass is 362 g/mol. The molecule has 0 aliphatic rings. The van der Waals surface area contributed by atoms with Crippen LogP contribution < -0.4 is 0 Å². The molecule has 26 heavy (non-hydrogen) atoms. The van der Waals surface area contributed by atoms with Crippen LogP contribution in [0.5, 0.6) is 0 Å².